The molecular formula is C18H24N4O3. The topological polar surface area (TPSA) is 71.7 Å². The zero-order valence-corrected chi connectivity index (χ0v) is 14.9. The van der Waals surface area contributed by atoms with Crippen molar-refractivity contribution in [2.45, 2.75) is 32.9 Å². The van der Waals surface area contributed by atoms with Gasteiger partial charge < -0.3 is 14.2 Å². The van der Waals surface area contributed by atoms with Gasteiger partial charge in [0.2, 0.25) is 11.7 Å². The average Bonchev–Trinajstić information content (AvgIpc) is 3.03. The van der Waals surface area contributed by atoms with Gasteiger partial charge in [-0.1, -0.05) is 35.5 Å². The molecule has 2 aromatic rings. The molecular weight excluding hydrogens is 320 g/mol. The van der Waals surface area contributed by atoms with Gasteiger partial charge in [-0.05, 0) is 20.8 Å². The normalized spacial score (nSPS) is 16.0. The molecule has 1 saturated heterocycles. The Labute approximate surface area is 147 Å². The number of benzene rings is 1. The largest absolute Gasteiger partial charge is 0.444 e. The minimum atomic E-state index is -0.466. The first-order valence-corrected chi connectivity index (χ1v) is 8.49. The first kappa shape index (κ1) is 17.4. The van der Waals surface area contributed by atoms with Crippen LogP contribution in [0.5, 0.6) is 0 Å². The van der Waals surface area contributed by atoms with Gasteiger partial charge >= 0.3 is 6.09 Å². The van der Waals surface area contributed by atoms with Crippen molar-refractivity contribution in [3.63, 3.8) is 0 Å². The van der Waals surface area contributed by atoms with Crippen LogP contribution in [0.2, 0.25) is 0 Å². The second-order valence-corrected chi connectivity index (χ2v) is 7.12. The molecule has 2 heterocycles. The molecule has 1 aromatic carbocycles. The fraction of sp³-hybridized carbons (Fsp3) is 0.500. The summed E-state index contributed by atoms with van der Waals surface area (Å²) in [4.78, 5) is 20.5. The van der Waals surface area contributed by atoms with Crippen LogP contribution in [0.3, 0.4) is 0 Å². The Kier molecular flexibility index (Phi) is 5.03. The number of nitrogens with zero attached hydrogens (tertiary/aromatic N) is 4. The van der Waals surface area contributed by atoms with Crippen LogP contribution in [-0.4, -0.2) is 57.8 Å². The monoisotopic (exact) mass is 344 g/mol. The minimum Gasteiger partial charge on any atom is -0.444 e. The Balaban J connectivity index is 1.51. The van der Waals surface area contributed by atoms with Gasteiger partial charge in [0.1, 0.15) is 5.60 Å². The van der Waals surface area contributed by atoms with Gasteiger partial charge in [-0.15, -0.1) is 0 Å². The Bertz CT molecular complexity index is 701. The maximum atomic E-state index is 12.1. The molecule has 0 aliphatic carbocycles. The van der Waals surface area contributed by atoms with Crippen molar-refractivity contribution in [2.75, 3.05) is 26.2 Å². The van der Waals surface area contributed by atoms with Gasteiger partial charge in [-0.25, -0.2) is 4.79 Å². The number of hydrogen-bond donors (Lipinski definition) is 0. The summed E-state index contributed by atoms with van der Waals surface area (Å²) in [5.41, 5.74) is 0.471. The zero-order chi connectivity index (χ0) is 17.9. The van der Waals surface area contributed by atoms with Crippen molar-refractivity contribution >= 4 is 6.09 Å². The molecule has 7 nitrogen and oxygen atoms in total. The highest BCUT2D eigenvalue weighted by Gasteiger charge is 2.26. The van der Waals surface area contributed by atoms with Crippen LogP contribution in [0.15, 0.2) is 34.9 Å². The third kappa shape index (κ3) is 4.79. The first-order chi connectivity index (χ1) is 11.9. The molecule has 0 spiro atoms. The van der Waals surface area contributed by atoms with E-state index in [1.807, 2.05) is 51.1 Å². The number of amides is 1. The maximum Gasteiger partial charge on any atom is 0.410 e. The predicted molar refractivity (Wildman–Crippen MR) is 92.8 cm³/mol. The molecule has 3 rings (SSSR count). The summed E-state index contributed by atoms with van der Waals surface area (Å²) in [6.07, 6.45) is -0.253. The molecule has 1 fully saturated rings. The Morgan fingerprint density at radius 3 is 2.48 bits per heavy atom. The number of ether oxygens (including phenoxy) is 1. The first-order valence-electron chi connectivity index (χ1n) is 8.49. The van der Waals surface area contributed by atoms with E-state index in [-0.39, 0.29) is 6.09 Å². The van der Waals surface area contributed by atoms with Crippen LogP contribution in [0, 0.1) is 0 Å². The van der Waals surface area contributed by atoms with Crippen molar-refractivity contribution in [1.82, 2.24) is 19.9 Å². The Morgan fingerprint density at radius 2 is 1.84 bits per heavy atom. The van der Waals surface area contributed by atoms with Crippen LogP contribution >= 0.6 is 0 Å². The van der Waals surface area contributed by atoms with E-state index in [0.717, 1.165) is 18.7 Å². The van der Waals surface area contributed by atoms with Crippen molar-refractivity contribution in [1.29, 1.82) is 0 Å². The molecule has 0 unspecified atom stereocenters. The highest BCUT2D eigenvalue weighted by molar-refractivity contribution is 5.68. The molecule has 0 atom stereocenters. The lowest BCUT2D eigenvalue weighted by Crippen LogP contribution is -2.49. The lowest BCUT2D eigenvalue weighted by molar-refractivity contribution is 0.0132. The number of aromatic nitrogens is 2. The summed E-state index contributed by atoms with van der Waals surface area (Å²) in [5.74, 6) is 1.19. The summed E-state index contributed by atoms with van der Waals surface area (Å²) >= 11 is 0. The molecule has 0 bridgehead atoms. The lowest BCUT2D eigenvalue weighted by Gasteiger charge is -2.34. The number of hydrogen-bond acceptors (Lipinski definition) is 6. The van der Waals surface area contributed by atoms with Crippen molar-refractivity contribution in [2.24, 2.45) is 0 Å². The van der Waals surface area contributed by atoms with E-state index in [9.17, 15) is 4.79 Å². The van der Waals surface area contributed by atoms with Crippen LogP contribution in [-0.2, 0) is 11.3 Å². The third-order valence-corrected chi connectivity index (χ3v) is 3.88. The standard InChI is InChI=1S/C18H24N4O3/c1-18(2,3)24-17(23)22-11-9-21(10-12-22)13-15-19-16(20-25-15)14-7-5-4-6-8-14/h4-8H,9-13H2,1-3H3. The molecule has 1 aliphatic heterocycles. The van der Waals surface area contributed by atoms with Gasteiger partial charge in [0.15, 0.2) is 0 Å². The highest BCUT2D eigenvalue weighted by atomic mass is 16.6. The van der Waals surface area contributed by atoms with Gasteiger partial charge in [0.05, 0.1) is 6.54 Å². The smallest absolute Gasteiger partial charge is 0.410 e. The number of carbonyl (C=O) groups excluding carboxylic acids is 1. The van der Waals surface area contributed by atoms with Crippen molar-refractivity contribution < 1.29 is 14.1 Å². The van der Waals surface area contributed by atoms with Gasteiger partial charge in [-0.3, -0.25) is 4.90 Å². The predicted octanol–water partition coefficient (Wildman–Crippen LogP) is 2.79. The van der Waals surface area contributed by atoms with E-state index in [1.165, 1.54) is 0 Å². The highest BCUT2D eigenvalue weighted by Crippen LogP contribution is 2.17. The van der Waals surface area contributed by atoms with Crippen LogP contribution < -0.4 is 0 Å². The second-order valence-electron chi connectivity index (χ2n) is 7.12. The molecule has 25 heavy (non-hydrogen) atoms. The van der Waals surface area contributed by atoms with E-state index >= 15 is 0 Å². The Hall–Kier alpha value is -2.41. The molecule has 134 valence electrons. The third-order valence-electron chi connectivity index (χ3n) is 3.88. The van der Waals surface area contributed by atoms with E-state index in [1.54, 1.807) is 4.90 Å². The summed E-state index contributed by atoms with van der Waals surface area (Å²) in [6, 6.07) is 9.75. The molecule has 1 aromatic heterocycles. The molecule has 1 amide bonds. The average molecular weight is 344 g/mol. The van der Waals surface area contributed by atoms with E-state index in [0.29, 0.717) is 31.3 Å². The minimum absolute atomic E-state index is 0.253. The van der Waals surface area contributed by atoms with Gasteiger partial charge in [0.25, 0.3) is 0 Å². The zero-order valence-electron chi connectivity index (χ0n) is 14.9. The SMILES string of the molecule is CC(C)(C)OC(=O)N1CCN(Cc2nc(-c3ccccc3)no2)CC1. The number of rotatable bonds is 3. The number of piperazine rings is 1. The molecule has 1 aliphatic rings. The molecule has 7 heteroatoms. The maximum absolute atomic E-state index is 12.1. The van der Waals surface area contributed by atoms with Crippen LogP contribution in [0.4, 0.5) is 4.79 Å². The fourth-order valence-electron chi connectivity index (χ4n) is 2.63. The summed E-state index contributed by atoms with van der Waals surface area (Å²) in [6.45, 7) is 8.99. The van der Waals surface area contributed by atoms with E-state index < -0.39 is 5.60 Å². The van der Waals surface area contributed by atoms with Crippen LogP contribution in [0.1, 0.15) is 26.7 Å². The molecule has 0 N–H and O–H groups in total. The van der Waals surface area contributed by atoms with E-state index in [4.69, 9.17) is 9.26 Å². The molecule has 0 radical (unpaired) electrons. The second kappa shape index (κ2) is 7.23. The molecule has 0 saturated carbocycles. The lowest BCUT2D eigenvalue weighted by atomic mass is 10.2. The van der Waals surface area contributed by atoms with Gasteiger partial charge in [-0.2, -0.15) is 4.98 Å². The van der Waals surface area contributed by atoms with Gasteiger partial charge in [0, 0.05) is 31.7 Å². The summed E-state index contributed by atoms with van der Waals surface area (Å²) in [7, 11) is 0. The Morgan fingerprint density at radius 1 is 1.16 bits per heavy atom. The summed E-state index contributed by atoms with van der Waals surface area (Å²) < 4.78 is 10.8. The van der Waals surface area contributed by atoms with Crippen LogP contribution in [0.25, 0.3) is 11.4 Å². The van der Waals surface area contributed by atoms with Crippen molar-refractivity contribution in [3.8, 4) is 11.4 Å². The fourth-order valence-corrected chi connectivity index (χ4v) is 2.63. The number of carbonyl (C=O) groups is 1. The van der Waals surface area contributed by atoms with E-state index in [2.05, 4.69) is 15.0 Å². The quantitative estimate of drug-likeness (QED) is 0.852. The van der Waals surface area contributed by atoms with Crippen molar-refractivity contribution in [3.05, 3.63) is 36.2 Å². The summed E-state index contributed by atoms with van der Waals surface area (Å²) in [5, 5.41) is 4.04.